The van der Waals surface area contributed by atoms with E-state index in [1.54, 1.807) is 24.3 Å². The Morgan fingerprint density at radius 3 is 2.57 bits per heavy atom. The van der Waals surface area contributed by atoms with Crippen LogP contribution in [0.2, 0.25) is 10.0 Å². The van der Waals surface area contributed by atoms with Crippen molar-refractivity contribution in [3.63, 3.8) is 0 Å². The molecule has 0 radical (unpaired) electrons. The third-order valence-electron chi connectivity index (χ3n) is 4.89. The summed E-state index contributed by atoms with van der Waals surface area (Å²) in [4.78, 5) is 12.4. The molecule has 7 heteroatoms. The summed E-state index contributed by atoms with van der Waals surface area (Å²) in [5.41, 5.74) is 0.709. The second-order valence-electron chi connectivity index (χ2n) is 6.90. The number of alkyl halides is 1. The van der Waals surface area contributed by atoms with Crippen LogP contribution in [0.1, 0.15) is 39.4 Å². The number of carboxylic acid groups (broad SMARTS) is 1. The van der Waals surface area contributed by atoms with Crippen LogP contribution in [-0.2, 0) is 6.42 Å². The summed E-state index contributed by atoms with van der Waals surface area (Å²) in [6.07, 6.45) is 2.43. The maximum Gasteiger partial charge on any atom is 0.345 e. The van der Waals surface area contributed by atoms with E-state index in [4.69, 9.17) is 39.9 Å². The van der Waals surface area contributed by atoms with Gasteiger partial charge in [0.2, 0.25) is 0 Å². The fourth-order valence-corrected chi connectivity index (χ4v) is 5.44. The molecule has 1 aliphatic carbocycles. The highest BCUT2D eigenvalue weighted by Crippen LogP contribution is 2.39. The summed E-state index contributed by atoms with van der Waals surface area (Å²) >= 11 is 19.8. The van der Waals surface area contributed by atoms with E-state index in [0.717, 1.165) is 24.1 Å². The minimum Gasteiger partial charge on any atom is -0.477 e. The molecular formula is C21H19Cl3O3S. The van der Waals surface area contributed by atoms with Crippen LogP contribution in [0.3, 0.4) is 0 Å². The van der Waals surface area contributed by atoms with Crippen molar-refractivity contribution >= 4 is 52.1 Å². The van der Waals surface area contributed by atoms with E-state index < -0.39 is 12.1 Å². The van der Waals surface area contributed by atoms with Crippen molar-refractivity contribution in [2.75, 3.05) is 0 Å². The van der Waals surface area contributed by atoms with Crippen molar-refractivity contribution in [2.24, 2.45) is 11.8 Å². The third-order valence-corrected chi connectivity index (χ3v) is 6.96. The van der Waals surface area contributed by atoms with Crippen LogP contribution in [0.25, 0.3) is 0 Å². The summed E-state index contributed by atoms with van der Waals surface area (Å²) < 4.78 is 0. The molecule has 28 heavy (non-hydrogen) atoms. The zero-order valence-electron chi connectivity index (χ0n) is 14.9. The maximum atomic E-state index is 11.0. The van der Waals surface area contributed by atoms with Gasteiger partial charge in [-0.15, -0.1) is 22.9 Å². The quantitative estimate of drug-likeness (QED) is 0.445. The standard InChI is InChI=1S/C21H19Cl3O3S/c22-13-8-12(9-14(23)10-13)4-6-17-16(18(24)11-19(17)25)3-1-2-15-5-7-20(28-15)21(26)27/h5,7-10,16-19,25H,1-3,11H2,(H,26,27). The Kier molecular flexibility index (Phi) is 7.31. The number of hydrogen-bond donors (Lipinski definition) is 2. The number of hydrogen-bond acceptors (Lipinski definition) is 3. The van der Waals surface area contributed by atoms with Gasteiger partial charge in [0.15, 0.2) is 0 Å². The molecule has 1 aliphatic rings. The van der Waals surface area contributed by atoms with Gasteiger partial charge in [-0.1, -0.05) is 35.0 Å². The predicted octanol–water partition coefficient (Wildman–Crippen LogP) is 5.73. The molecule has 2 aromatic rings. The molecule has 1 saturated carbocycles. The van der Waals surface area contributed by atoms with Gasteiger partial charge >= 0.3 is 5.97 Å². The third kappa shape index (κ3) is 5.43. The molecule has 1 fully saturated rings. The molecule has 0 saturated heterocycles. The largest absolute Gasteiger partial charge is 0.477 e. The SMILES string of the molecule is O=C(O)c1ccc(CCCC2C(Cl)CC(O)C2C#Cc2cc(Cl)cc(Cl)c2)s1. The molecule has 0 aliphatic heterocycles. The normalized spacial score (nSPS) is 24.0. The van der Waals surface area contributed by atoms with Gasteiger partial charge in [0.05, 0.1) is 12.0 Å². The molecule has 0 amide bonds. The van der Waals surface area contributed by atoms with Gasteiger partial charge in [-0.05, 0) is 61.9 Å². The van der Waals surface area contributed by atoms with Gasteiger partial charge in [-0.2, -0.15) is 0 Å². The summed E-state index contributed by atoms with van der Waals surface area (Å²) in [5.74, 6) is 5.22. The van der Waals surface area contributed by atoms with E-state index in [0.29, 0.717) is 26.9 Å². The molecular weight excluding hydrogens is 439 g/mol. The smallest absolute Gasteiger partial charge is 0.345 e. The number of thiophene rings is 1. The lowest BCUT2D eigenvalue weighted by atomic mass is 9.90. The maximum absolute atomic E-state index is 11.0. The van der Waals surface area contributed by atoms with Crippen molar-refractivity contribution in [1.82, 2.24) is 0 Å². The van der Waals surface area contributed by atoms with E-state index >= 15 is 0 Å². The summed E-state index contributed by atoms with van der Waals surface area (Å²) in [7, 11) is 0. The highest BCUT2D eigenvalue weighted by atomic mass is 35.5. The Morgan fingerprint density at radius 2 is 1.93 bits per heavy atom. The highest BCUT2D eigenvalue weighted by molar-refractivity contribution is 7.13. The van der Waals surface area contributed by atoms with Crippen LogP contribution in [0.4, 0.5) is 0 Å². The van der Waals surface area contributed by atoms with E-state index in [9.17, 15) is 9.90 Å². The Hall–Kier alpha value is -1.22. The topological polar surface area (TPSA) is 57.5 Å². The molecule has 1 aromatic heterocycles. The van der Waals surface area contributed by atoms with E-state index in [-0.39, 0.29) is 17.2 Å². The molecule has 0 bridgehead atoms. The van der Waals surface area contributed by atoms with E-state index in [1.807, 2.05) is 6.07 Å². The Balaban J connectivity index is 1.65. The average molecular weight is 458 g/mol. The fraction of sp³-hybridized carbons (Fsp3) is 0.381. The minimum atomic E-state index is -0.896. The fourth-order valence-electron chi connectivity index (χ4n) is 3.56. The number of benzene rings is 1. The van der Waals surface area contributed by atoms with Crippen LogP contribution < -0.4 is 0 Å². The minimum absolute atomic E-state index is 0.0812. The molecule has 4 unspecified atom stereocenters. The molecule has 1 heterocycles. The number of carboxylic acids is 1. The Bertz CT molecular complexity index is 895. The van der Waals surface area contributed by atoms with Crippen molar-refractivity contribution in [3.05, 3.63) is 55.7 Å². The van der Waals surface area contributed by atoms with Crippen molar-refractivity contribution in [3.8, 4) is 11.8 Å². The van der Waals surface area contributed by atoms with Crippen molar-refractivity contribution in [1.29, 1.82) is 0 Å². The number of aromatic carboxylic acids is 1. The average Bonchev–Trinajstić information content (AvgIpc) is 3.18. The first-order valence-electron chi connectivity index (χ1n) is 8.95. The van der Waals surface area contributed by atoms with Crippen LogP contribution in [0.15, 0.2) is 30.3 Å². The lowest BCUT2D eigenvalue weighted by Crippen LogP contribution is -2.19. The van der Waals surface area contributed by atoms with Gasteiger partial charge in [0.25, 0.3) is 0 Å². The second kappa shape index (κ2) is 9.52. The first-order chi connectivity index (χ1) is 13.3. The first-order valence-corrected chi connectivity index (χ1v) is 11.0. The zero-order valence-corrected chi connectivity index (χ0v) is 18.0. The van der Waals surface area contributed by atoms with Gasteiger partial charge in [-0.25, -0.2) is 4.79 Å². The van der Waals surface area contributed by atoms with Crippen LogP contribution in [-0.4, -0.2) is 27.7 Å². The van der Waals surface area contributed by atoms with Crippen molar-refractivity contribution < 1.29 is 15.0 Å². The number of halogens is 3. The van der Waals surface area contributed by atoms with Gasteiger partial charge in [0.1, 0.15) is 4.88 Å². The molecule has 2 N–H and O–H groups in total. The van der Waals surface area contributed by atoms with Gasteiger partial charge < -0.3 is 10.2 Å². The Morgan fingerprint density at radius 1 is 1.21 bits per heavy atom. The van der Waals surface area contributed by atoms with E-state index in [1.165, 1.54) is 11.3 Å². The van der Waals surface area contributed by atoms with E-state index in [2.05, 4.69) is 11.8 Å². The molecule has 3 rings (SSSR count). The molecule has 1 aromatic carbocycles. The highest BCUT2D eigenvalue weighted by Gasteiger charge is 2.40. The molecule has 0 spiro atoms. The molecule has 3 nitrogen and oxygen atoms in total. The molecule has 148 valence electrons. The van der Waals surface area contributed by atoms with Crippen LogP contribution in [0.5, 0.6) is 0 Å². The van der Waals surface area contributed by atoms with Gasteiger partial charge in [0, 0.05) is 25.9 Å². The van der Waals surface area contributed by atoms with Gasteiger partial charge in [-0.3, -0.25) is 0 Å². The Labute approximate surface area is 183 Å². The summed E-state index contributed by atoms with van der Waals surface area (Å²) in [5, 5.41) is 20.3. The second-order valence-corrected chi connectivity index (χ2v) is 9.50. The number of aryl methyl sites for hydroxylation is 1. The lowest BCUT2D eigenvalue weighted by Gasteiger charge is -2.18. The number of rotatable bonds is 5. The van der Waals surface area contributed by atoms with Crippen LogP contribution >= 0.6 is 46.1 Å². The first kappa shape index (κ1) is 21.5. The predicted molar refractivity (Wildman–Crippen MR) is 115 cm³/mol. The number of aliphatic hydroxyl groups is 1. The molecule has 4 atom stereocenters. The number of carbonyl (C=O) groups is 1. The van der Waals surface area contributed by atoms with Crippen LogP contribution in [0, 0.1) is 23.7 Å². The lowest BCUT2D eigenvalue weighted by molar-refractivity contribution is 0.0702. The summed E-state index contributed by atoms with van der Waals surface area (Å²) in [6.45, 7) is 0. The number of aliphatic hydroxyl groups excluding tert-OH is 1. The summed E-state index contributed by atoms with van der Waals surface area (Å²) in [6, 6.07) is 8.63. The monoisotopic (exact) mass is 456 g/mol. The van der Waals surface area contributed by atoms with Crippen molar-refractivity contribution in [2.45, 2.75) is 37.2 Å². The zero-order chi connectivity index (χ0) is 20.3.